The van der Waals surface area contributed by atoms with E-state index in [1.807, 2.05) is 11.6 Å². The van der Waals surface area contributed by atoms with Crippen LogP contribution >= 0.6 is 22.6 Å². The highest BCUT2D eigenvalue weighted by Gasteiger charge is 2.39. The summed E-state index contributed by atoms with van der Waals surface area (Å²) in [6.07, 6.45) is 6.31. The number of imidazole rings is 1. The second-order valence-electron chi connectivity index (χ2n) is 4.80. The highest BCUT2D eigenvalue weighted by Crippen LogP contribution is 2.36. The minimum Gasteiger partial charge on any atom is -0.443 e. The summed E-state index contributed by atoms with van der Waals surface area (Å²) in [6.45, 7) is 0. The molecule has 1 aromatic rings. The van der Waals surface area contributed by atoms with Gasteiger partial charge in [-0.1, -0.05) is 0 Å². The lowest BCUT2D eigenvalue weighted by Crippen LogP contribution is -2.38. The zero-order valence-electron chi connectivity index (χ0n) is 10.7. The number of carbonyl (C=O) groups is 1. The predicted octanol–water partition coefficient (Wildman–Crippen LogP) is 2.24. The van der Waals surface area contributed by atoms with Crippen LogP contribution in [0.15, 0.2) is 6.33 Å². The number of rotatable bonds is 3. The Kier molecular flexibility index (Phi) is 4.14. The highest BCUT2D eigenvalue weighted by molar-refractivity contribution is 14.1. The molecule has 1 amide bonds. The number of aromatic nitrogens is 2. The Hall–Kier alpha value is -0.790. The van der Waals surface area contributed by atoms with Crippen LogP contribution in [0.2, 0.25) is 0 Å². The zero-order chi connectivity index (χ0) is 13.2. The molecule has 1 aliphatic rings. The van der Waals surface area contributed by atoms with Crippen LogP contribution in [0.3, 0.4) is 0 Å². The Bertz CT molecular complexity index is 419. The second kappa shape index (κ2) is 5.46. The van der Waals surface area contributed by atoms with Crippen molar-refractivity contribution in [2.75, 3.05) is 7.05 Å². The molecule has 0 bridgehead atoms. The van der Waals surface area contributed by atoms with Gasteiger partial charge in [-0.25, -0.2) is 9.78 Å². The van der Waals surface area contributed by atoms with E-state index in [2.05, 4.69) is 32.9 Å². The maximum Gasteiger partial charge on any atom is 0.407 e. The number of aryl methyl sites for hydroxylation is 1. The molecule has 18 heavy (non-hydrogen) atoms. The fourth-order valence-corrected chi connectivity index (χ4v) is 3.21. The molecule has 0 saturated heterocycles. The van der Waals surface area contributed by atoms with Gasteiger partial charge in [0, 0.05) is 20.5 Å². The summed E-state index contributed by atoms with van der Waals surface area (Å²) in [6, 6.07) is 0. The van der Waals surface area contributed by atoms with E-state index in [9.17, 15) is 4.79 Å². The molecule has 5 nitrogen and oxygen atoms in total. The van der Waals surface area contributed by atoms with Gasteiger partial charge in [-0.15, -0.1) is 0 Å². The van der Waals surface area contributed by atoms with Crippen molar-refractivity contribution in [3.05, 3.63) is 15.7 Å². The molecule has 1 N–H and O–H groups in total. The number of hydrogen-bond acceptors (Lipinski definition) is 3. The van der Waals surface area contributed by atoms with Gasteiger partial charge in [0.05, 0.1) is 12.0 Å². The van der Waals surface area contributed by atoms with E-state index < -0.39 is 0 Å². The maximum atomic E-state index is 11.5. The molecule has 0 aromatic carbocycles. The minimum atomic E-state index is -0.353. The van der Waals surface area contributed by atoms with E-state index in [0.717, 1.165) is 41.5 Å². The van der Waals surface area contributed by atoms with Crippen LogP contribution in [0.5, 0.6) is 0 Å². The highest BCUT2D eigenvalue weighted by atomic mass is 127. The number of carbonyl (C=O) groups excluding carboxylic acids is 1. The van der Waals surface area contributed by atoms with Crippen LogP contribution in [-0.4, -0.2) is 28.3 Å². The molecule has 0 unspecified atom stereocenters. The lowest BCUT2D eigenvalue weighted by atomic mass is 9.96. The molecule has 1 fully saturated rings. The standard InChI is InChI=1S/C12H18IN3O2/c1-14-11(17)18-12(5-3-4-6-12)7-9-10(13)15-8-16(9)2/h8H,3-7H2,1-2H3,(H,14,17). The van der Waals surface area contributed by atoms with Crippen LogP contribution in [0.4, 0.5) is 4.79 Å². The molecule has 0 spiro atoms. The van der Waals surface area contributed by atoms with Gasteiger partial charge in [0.15, 0.2) is 0 Å². The molecule has 0 atom stereocenters. The van der Waals surface area contributed by atoms with Gasteiger partial charge in [0.2, 0.25) is 0 Å². The number of alkyl carbamates (subject to hydrolysis) is 1. The fourth-order valence-electron chi connectivity index (χ4n) is 2.51. The predicted molar refractivity (Wildman–Crippen MR) is 76.4 cm³/mol. The molecule has 1 aromatic heterocycles. The first-order valence-electron chi connectivity index (χ1n) is 6.13. The first-order valence-corrected chi connectivity index (χ1v) is 7.21. The fraction of sp³-hybridized carbons (Fsp3) is 0.667. The van der Waals surface area contributed by atoms with E-state index in [1.54, 1.807) is 13.4 Å². The molecular formula is C12H18IN3O2. The van der Waals surface area contributed by atoms with Crippen LogP contribution in [-0.2, 0) is 18.2 Å². The van der Waals surface area contributed by atoms with E-state index in [4.69, 9.17) is 4.74 Å². The van der Waals surface area contributed by atoms with Gasteiger partial charge in [-0.3, -0.25) is 0 Å². The SMILES string of the molecule is CNC(=O)OC1(Cc2c(I)ncn2C)CCCC1. The van der Waals surface area contributed by atoms with Crippen LogP contribution in [0, 0.1) is 3.70 Å². The number of hydrogen-bond donors (Lipinski definition) is 1. The number of halogens is 1. The molecule has 0 aliphatic heterocycles. The summed E-state index contributed by atoms with van der Waals surface area (Å²) in [4.78, 5) is 15.8. The van der Waals surface area contributed by atoms with Crippen molar-refractivity contribution in [1.82, 2.24) is 14.9 Å². The Morgan fingerprint density at radius 1 is 1.61 bits per heavy atom. The average Bonchev–Trinajstić information content (AvgIpc) is 2.92. The maximum absolute atomic E-state index is 11.5. The third kappa shape index (κ3) is 2.78. The molecule has 0 radical (unpaired) electrons. The van der Waals surface area contributed by atoms with Gasteiger partial charge >= 0.3 is 6.09 Å². The Morgan fingerprint density at radius 3 is 2.78 bits per heavy atom. The van der Waals surface area contributed by atoms with E-state index >= 15 is 0 Å². The quantitative estimate of drug-likeness (QED) is 0.839. The molecular weight excluding hydrogens is 345 g/mol. The third-order valence-electron chi connectivity index (χ3n) is 3.53. The van der Waals surface area contributed by atoms with Gasteiger partial charge in [-0.2, -0.15) is 0 Å². The zero-order valence-corrected chi connectivity index (χ0v) is 12.9. The summed E-state index contributed by atoms with van der Waals surface area (Å²) in [5.41, 5.74) is 0.787. The smallest absolute Gasteiger partial charge is 0.407 e. The normalized spacial score (nSPS) is 17.7. The first kappa shape index (κ1) is 13.6. The first-order chi connectivity index (χ1) is 8.56. The van der Waals surface area contributed by atoms with Gasteiger partial charge in [0.1, 0.15) is 9.30 Å². The van der Waals surface area contributed by atoms with Crippen molar-refractivity contribution in [3.8, 4) is 0 Å². The molecule has 1 heterocycles. The Balaban J connectivity index is 2.18. The minimum absolute atomic E-state index is 0.339. The lowest BCUT2D eigenvalue weighted by Gasteiger charge is -2.29. The summed E-state index contributed by atoms with van der Waals surface area (Å²) in [7, 11) is 3.58. The van der Waals surface area contributed by atoms with Crippen LogP contribution in [0.1, 0.15) is 31.4 Å². The van der Waals surface area contributed by atoms with Crippen molar-refractivity contribution in [1.29, 1.82) is 0 Å². The molecule has 100 valence electrons. The van der Waals surface area contributed by atoms with E-state index in [0.29, 0.717) is 0 Å². The number of amides is 1. The summed E-state index contributed by atoms with van der Waals surface area (Å²) < 4.78 is 8.63. The number of nitrogens with one attached hydrogen (secondary N) is 1. The molecule has 1 aliphatic carbocycles. The summed E-state index contributed by atoms with van der Waals surface area (Å²) in [5, 5.41) is 2.54. The Labute approximate surface area is 120 Å². The molecule has 1 saturated carbocycles. The van der Waals surface area contributed by atoms with Crippen molar-refractivity contribution in [2.45, 2.75) is 37.7 Å². The molecule has 6 heteroatoms. The van der Waals surface area contributed by atoms with Gasteiger partial charge < -0.3 is 14.6 Å². The number of ether oxygens (including phenoxy) is 1. The second-order valence-corrected chi connectivity index (χ2v) is 5.82. The largest absolute Gasteiger partial charge is 0.443 e. The van der Waals surface area contributed by atoms with Crippen molar-refractivity contribution < 1.29 is 9.53 Å². The monoisotopic (exact) mass is 363 g/mol. The van der Waals surface area contributed by atoms with Crippen LogP contribution in [0.25, 0.3) is 0 Å². The van der Waals surface area contributed by atoms with E-state index in [1.165, 1.54) is 0 Å². The van der Waals surface area contributed by atoms with Crippen molar-refractivity contribution in [2.24, 2.45) is 7.05 Å². The average molecular weight is 363 g/mol. The van der Waals surface area contributed by atoms with Crippen molar-refractivity contribution in [3.63, 3.8) is 0 Å². The van der Waals surface area contributed by atoms with Gasteiger partial charge in [0.25, 0.3) is 0 Å². The van der Waals surface area contributed by atoms with Crippen molar-refractivity contribution >= 4 is 28.7 Å². The van der Waals surface area contributed by atoms with Crippen LogP contribution < -0.4 is 5.32 Å². The summed E-state index contributed by atoms with van der Waals surface area (Å²) in [5.74, 6) is 0. The van der Waals surface area contributed by atoms with E-state index in [-0.39, 0.29) is 11.7 Å². The van der Waals surface area contributed by atoms with Gasteiger partial charge in [-0.05, 0) is 48.3 Å². The molecule has 2 rings (SSSR count). The number of nitrogens with zero attached hydrogens (tertiary/aromatic N) is 2. The topological polar surface area (TPSA) is 56.1 Å². The Morgan fingerprint density at radius 2 is 2.28 bits per heavy atom. The summed E-state index contributed by atoms with van der Waals surface area (Å²) >= 11 is 2.23. The lowest BCUT2D eigenvalue weighted by molar-refractivity contribution is 0.0161. The third-order valence-corrected chi connectivity index (χ3v) is 4.43.